The third-order valence-electron chi connectivity index (χ3n) is 3.41. The van der Waals surface area contributed by atoms with Gasteiger partial charge in [0.15, 0.2) is 0 Å². The Bertz CT molecular complexity index is 582. The van der Waals surface area contributed by atoms with Crippen LogP contribution in [-0.2, 0) is 0 Å². The molecule has 1 aliphatic rings. The van der Waals surface area contributed by atoms with E-state index in [4.69, 9.17) is 11.6 Å². The summed E-state index contributed by atoms with van der Waals surface area (Å²) in [6.45, 7) is 3.44. The van der Waals surface area contributed by atoms with Crippen LogP contribution in [0, 0.1) is 5.82 Å². The van der Waals surface area contributed by atoms with Gasteiger partial charge in [0.1, 0.15) is 23.1 Å². The summed E-state index contributed by atoms with van der Waals surface area (Å²) in [5, 5.41) is 0.455. The lowest BCUT2D eigenvalue weighted by Gasteiger charge is -2.36. The maximum atomic E-state index is 12.9. The first-order valence-corrected chi connectivity index (χ1v) is 6.83. The molecule has 4 nitrogen and oxygen atoms in total. The van der Waals surface area contributed by atoms with Crippen LogP contribution in [0.4, 0.5) is 15.9 Å². The largest absolute Gasteiger partial charge is 0.368 e. The van der Waals surface area contributed by atoms with Crippen molar-refractivity contribution in [2.45, 2.75) is 0 Å². The third-order valence-corrected chi connectivity index (χ3v) is 3.62. The maximum absolute atomic E-state index is 12.9. The van der Waals surface area contributed by atoms with E-state index in [1.165, 1.54) is 18.5 Å². The molecule has 1 aromatic heterocycles. The average molecular weight is 293 g/mol. The fraction of sp³-hybridized carbons (Fsp3) is 0.286. The molecule has 1 aromatic carbocycles. The summed E-state index contributed by atoms with van der Waals surface area (Å²) in [4.78, 5) is 12.5. The van der Waals surface area contributed by atoms with Gasteiger partial charge < -0.3 is 9.80 Å². The lowest BCUT2D eigenvalue weighted by molar-refractivity contribution is 0.624. The number of nitrogens with zero attached hydrogens (tertiary/aromatic N) is 4. The number of piperazine rings is 1. The molecule has 2 aromatic rings. The van der Waals surface area contributed by atoms with Gasteiger partial charge in [-0.3, -0.25) is 0 Å². The van der Waals surface area contributed by atoms with Crippen molar-refractivity contribution in [3.8, 4) is 0 Å². The highest BCUT2D eigenvalue weighted by Gasteiger charge is 2.18. The summed E-state index contributed by atoms with van der Waals surface area (Å²) in [5.41, 5.74) is 1.05. The molecule has 0 amide bonds. The SMILES string of the molecule is Fc1ccc(N2CCN(c3cc(Cl)ncn3)CC2)cc1. The van der Waals surface area contributed by atoms with Gasteiger partial charge in [0, 0.05) is 37.9 Å². The molecule has 1 saturated heterocycles. The van der Waals surface area contributed by atoms with Gasteiger partial charge in [0.05, 0.1) is 0 Å². The van der Waals surface area contributed by atoms with Crippen molar-refractivity contribution in [2.24, 2.45) is 0 Å². The standard InChI is InChI=1S/C14H14ClFN4/c15-13-9-14(18-10-17-13)20-7-5-19(6-8-20)12-3-1-11(16)2-4-12/h1-4,9-10H,5-8H2. The zero-order valence-electron chi connectivity index (χ0n) is 10.8. The second kappa shape index (κ2) is 5.63. The predicted octanol–water partition coefficient (Wildman–Crippen LogP) is 2.60. The van der Waals surface area contributed by atoms with Gasteiger partial charge >= 0.3 is 0 Å². The minimum Gasteiger partial charge on any atom is -0.368 e. The van der Waals surface area contributed by atoms with Crippen LogP contribution >= 0.6 is 11.6 Å². The van der Waals surface area contributed by atoms with Crippen molar-refractivity contribution in [2.75, 3.05) is 36.0 Å². The summed E-state index contributed by atoms with van der Waals surface area (Å²) >= 11 is 5.88. The third kappa shape index (κ3) is 2.82. The molecule has 1 fully saturated rings. The van der Waals surface area contributed by atoms with Gasteiger partial charge in [-0.1, -0.05) is 11.6 Å². The highest BCUT2D eigenvalue weighted by molar-refractivity contribution is 6.29. The summed E-state index contributed by atoms with van der Waals surface area (Å²) in [6.07, 6.45) is 1.48. The maximum Gasteiger partial charge on any atom is 0.134 e. The van der Waals surface area contributed by atoms with E-state index in [0.29, 0.717) is 5.15 Å². The van der Waals surface area contributed by atoms with Crippen LogP contribution in [0.3, 0.4) is 0 Å². The van der Waals surface area contributed by atoms with Crippen LogP contribution in [0.5, 0.6) is 0 Å². The van der Waals surface area contributed by atoms with Crippen molar-refractivity contribution in [3.63, 3.8) is 0 Å². The quantitative estimate of drug-likeness (QED) is 0.797. The van der Waals surface area contributed by atoms with E-state index in [1.54, 1.807) is 6.07 Å². The monoisotopic (exact) mass is 292 g/mol. The number of rotatable bonds is 2. The van der Waals surface area contributed by atoms with Crippen LogP contribution in [0.15, 0.2) is 36.7 Å². The fourth-order valence-electron chi connectivity index (χ4n) is 2.34. The Balaban J connectivity index is 1.66. The van der Waals surface area contributed by atoms with E-state index in [2.05, 4.69) is 19.8 Å². The first-order valence-electron chi connectivity index (χ1n) is 6.45. The number of hydrogen-bond acceptors (Lipinski definition) is 4. The molecular formula is C14H14ClFN4. The smallest absolute Gasteiger partial charge is 0.134 e. The van der Waals surface area contributed by atoms with Crippen LogP contribution in [0.1, 0.15) is 0 Å². The lowest BCUT2D eigenvalue weighted by atomic mass is 10.2. The van der Waals surface area contributed by atoms with E-state index >= 15 is 0 Å². The molecule has 104 valence electrons. The van der Waals surface area contributed by atoms with E-state index < -0.39 is 0 Å². The highest BCUT2D eigenvalue weighted by Crippen LogP contribution is 2.20. The normalized spacial score (nSPS) is 15.5. The Hall–Kier alpha value is -1.88. The van der Waals surface area contributed by atoms with Gasteiger partial charge in [0.2, 0.25) is 0 Å². The zero-order chi connectivity index (χ0) is 13.9. The molecular weight excluding hydrogens is 279 g/mol. The van der Waals surface area contributed by atoms with Crippen LogP contribution in [0.2, 0.25) is 5.15 Å². The summed E-state index contributed by atoms with van der Waals surface area (Å²) in [7, 11) is 0. The molecule has 0 atom stereocenters. The zero-order valence-corrected chi connectivity index (χ0v) is 11.6. The molecule has 0 spiro atoms. The second-order valence-electron chi connectivity index (χ2n) is 4.65. The van der Waals surface area contributed by atoms with E-state index in [-0.39, 0.29) is 5.82 Å². The first kappa shape index (κ1) is 13.1. The molecule has 0 N–H and O–H groups in total. The van der Waals surface area contributed by atoms with Crippen molar-refractivity contribution < 1.29 is 4.39 Å². The molecule has 2 heterocycles. The number of halogens is 2. The Morgan fingerprint density at radius 3 is 2.25 bits per heavy atom. The topological polar surface area (TPSA) is 32.3 Å². The molecule has 6 heteroatoms. The Labute approximate surface area is 121 Å². The van der Waals surface area contributed by atoms with Gasteiger partial charge in [0.25, 0.3) is 0 Å². The second-order valence-corrected chi connectivity index (χ2v) is 5.04. The average Bonchev–Trinajstić information content (AvgIpc) is 2.48. The van der Waals surface area contributed by atoms with E-state index in [1.807, 2.05) is 12.1 Å². The number of benzene rings is 1. The van der Waals surface area contributed by atoms with Gasteiger partial charge in [-0.25, -0.2) is 14.4 Å². The molecule has 0 bridgehead atoms. The van der Waals surface area contributed by atoms with Crippen LogP contribution in [0.25, 0.3) is 0 Å². The van der Waals surface area contributed by atoms with E-state index in [0.717, 1.165) is 37.7 Å². The van der Waals surface area contributed by atoms with E-state index in [9.17, 15) is 4.39 Å². The molecule has 1 aliphatic heterocycles. The van der Waals surface area contributed by atoms with Gasteiger partial charge in [-0.05, 0) is 24.3 Å². The fourth-order valence-corrected chi connectivity index (χ4v) is 2.48. The summed E-state index contributed by atoms with van der Waals surface area (Å²) in [5.74, 6) is 0.645. The molecule has 0 unspecified atom stereocenters. The Morgan fingerprint density at radius 1 is 0.950 bits per heavy atom. The molecule has 3 rings (SSSR count). The Morgan fingerprint density at radius 2 is 1.60 bits per heavy atom. The number of hydrogen-bond donors (Lipinski definition) is 0. The minimum absolute atomic E-state index is 0.206. The molecule has 0 radical (unpaired) electrons. The van der Waals surface area contributed by atoms with Crippen LogP contribution in [-0.4, -0.2) is 36.1 Å². The first-order chi connectivity index (χ1) is 9.72. The van der Waals surface area contributed by atoms with Gasteiger partial charge in [-0.15, -0.1) is 0 Å². The Kier molecular flexibility index (Phi) is 3.69. The van der Waals surface area contributed by atoms with Crippen molar-refractivity contribution in [1.29, 1.82) is 0 Å². The summed E-state index contributed by atoms with van der Waals surface area (Å²) in [6, 6.07) is 8.38. The van der Waals surface area contributed by atoms with Crippen molar-refractivity contribution in [1.82, 2.24) is 9.97 Å². The van der Waals surface area contributed by atoms with Crippen LogP contribution < -0.4 is 9.80 Å². The molecule has 20 heavy (non-hydrogen) atoms. The summed E-state index contributed by atoms with van der Waals surface area (Å²) < 4.78 is 12.9. The van der Waals surface area contributed by atoms with Crippen molar-refractivity contribution in [3.05, 3.63) is 47.6 Å². The molecule has 0 aliphatic carbocycles. The predicted molar refractivity (Wildman–Crippen MR) is 77.9 cm³/mol. The lowest BCUT2D eigenvalue weighted by Crippen LogP contribution is -2.46. The number of aromatic nitrogens is 2. The molecule has 0 saturated carbocycles. The van der Waals surface area contributed by atoms with Gasteiger partial charge in [-0.2, -0.15) is 0 Å². The van der Waals surface area contributed by atoms with Crippen molar-refractivity contribution >= 4 is 23.1 Å². The highest BCUT2D eigenvalue weighted by atomic mass is 35.5. The number of anilines is 2. The minimum atomic E-state index is -0.206.